The minimum absolute atomic E-state index is 0.00744. The highest BCUT2D eigenvalue weighted by atomic mass is 32.1. The normalized spacial score (nSPS) is 16.3. The number of anilines is 3. The van der Waals surface area contributed by atoms with E-state index in [-0.39, 0.29) is 5.91 Å². The molecule has 2 aromatic carbocycles. The summed E-state index contributed by atoms with van der Waals surface area (Å²) < 4.78 is 1.03. The Kier molecular flexibility index (Phi) is 7.07. The molecule has 2 aliphatic rings. The molecule has 0 radical (unpaired) electrons. The summed E-state index contributed by atoms with van der Waals surface area (Å²) in [5.74, 6) is 0.822. The van der Waals surface area contributed by atoms with E-state index in [1.54, 1.807) is 17.7 Å². The van der Waals surface area contributed by atoms with Crippen molar-refractivity contribution >= 4 is 56.8 Å². The Bertz CT molecular complexity index is 1430. The lowest BCUT2D eigenvalue weighted by atomic mass is 10.1. The second-order valence-electron chi connectivity index (χ2n) is 9.89. The Morgan fingerprint density at radius 3 is 2.47 bits per heavy atom. The van der Waals surface area contributed by atoms with Crippen molar-refractivity contribution in [3.63, 3.8) is 0 Å². The number of piperazine rings is 1. The van der Waals surface area contributed by atoms with E-state index in [0.717, 1.165) is 78.4 Å². The number of likely N-dealkylation sites (N-methyl/N-ethyl adjacent to an activating group) is 1. The predicted molar refractivity (Wildman–Crippen MR) is 157 cm³/mol. The number of hydrogen-bond donors (Lipinski definition) is 2. The van der Waals surface area contributed by atoms with Crippen molar-refractivity contribution in [1.82, 2.24) is 20.2 Å². The third-order valence-electron chi connectivity index (χ3n) is 7.24. The molecule has 7 nitrogen and oxygen atoms in total. The largest absolute Gasteiger partial charge is 0.369 e. The summed E-state index contributed by atoms with van der Waals surface area (Å²) in [6.07, 6.45) is 7.92. The molecule has 0 atom stereocenters. The van der Waals surface area contributed by atoms with Gasteiger partial charge in [-0.15, -0.1) is 11.3 Å². The lowest BCUT2D eigenvalue weighted by Crippen LogP contribution is -2.46. The van der Waals surface area contributed by atoms with Gasteiger partial charge in [-0.05, 0) is 61.3 Å². The fourth-order valence-corrected chi connectivity index (χ4v) is 5.65. The molecule has 2 aromatic heterocycles. The average Bonchev–Trinajstić information content (AvgIpc) is 3.68. The van der Waals surface area contributed by atoms with Gasteiger partial charge in [-0.1, -0.05) is 31.2 Å². The molecule has 194 valence electrons. The number of nitrogens with zero attached hydrogens (tertiary/aromatic N) is 4. The summed E-state index contributed by atoms with van der Waals surface area (Å²) in [6, 6.07) is 16.7. The van der Waals surface area contributed by atoms with Crippen molar-refractivity contribution in [2.24, 2.45) is 0 Å². The number of fused-ring (bicyclic) bond motifs is 1. The van der Waals surface area contributed by atoms with Crippen LogP contribution in [0.25, 0.3) is 22.4 Å². The number of rotatable bonds is 8. The van der Waals surface area contributed by atoms with Crippen LogP contribution in [0.4, 0.5) is 17.2 Å². The van der Waals surface area contributed by atoms with Crippen LogP contribution in [0.15, 0.2) is 60.2 Å². The van der Waals surface area contributed by atoms with E-state index in [1.165, 1.54) is 5.69 Å². The van der Waals surface area contributed by atoms with E-state index in [9.17, 15) is 4.79 Å². The van der Waals surface area contributed by atoms with Crippen LogP contribution >= 0.6 is 11.3 Å². The molecule has 1 saturated heterocycles. The number of benzene rings is 2. The fraction of sp³-hybridized carbons (Fsp3) is 0.300. The van der Waals surface area contributed by atoms with E-state index in [1.807, 2.05) is 24.3 Å². The smallest absolute Gasteiger partial charge is 0.251 e. The van der Waals surface area contributed by atoms with Crippen LogP contribution in [-0.2, 0) is 0 Å². The van der Waals surface area contributed by atoms with E-state index in [2.05, 4.69) is 79.1 Å². The maximum atomic E-state index is 12.2. The van der Waals surface area contributed by atoms with Gasteiger partial charge < -0.3 is 20.4 Å². The highest BCUT2D eigenvalue weighted by Gasteiger charge is 2.23. The van der Waals surface area contributed by atoms with Crippen LogP contribution in [0, 0.1) is 0 Å². The van der Waals surface area contributed by atoms with Gasteiger partial charge in [0.2, 0.25) is 0 Å². The first-order valence-corrected chi connectivity index (χ1v) is 14.2. The monoisotopic (exact) mass is 524 g/mol. The Morgan fingerprint density at radius 2 is 1.76 bits per heavy atom. The van der Waals surface area contributed by atoms with Crippen molar-refractivity contribution in [3.05, 3.63) is 76.9 Å². The quantitative estimate of drug-likeness (QED) is 0.311. The molecule has 1 aliphatic heterocycles. The molecule has 2 N–H and O–H groups in total. The van der Waals surface area contributed by atoms with Gasteiger partial charge in [0.1, 0.15) is 6.33 Å². The standard InChI is InChI=1S/C30H32N6OS/c1-2-35-15-17-36(18-16-35)26-13-11-24(12-14-26)33-29-28-27(31-20-32-29)23(19-38-28)8-5-21-3-6-22(7-4-21)30(37)34-25-9-10-25/h3-8,11-14,19-20,25H,2,9-10,15-18H2,1H3,(H,34,37)(H,31,32,33). The molecule has 0 unspecified atom stereocenters. The number of thiophene rings is 1. The number of aromatic nitrogens is 2. The van der Waals surface area contributed by atoms with Crippen molar-refractivity contribution in [2.75, 3.05) is 42.9 Å². The molecule has 1 saturated carbocycles. The molecular weight excluding hydrogens is 492 g/mol. The summed E-state index contributed by atoms with van der Waals surface area (Å²) in [7, 11) is 0. The van der Waals surface area contributed by atoms with Gasteiger partial charge in [0.25, 0.3) is 5.91 Å². The Morgan fingerprint density at radius 1 is 1.00 bits per heavy atom. The first-order chi connectivity index (χ1) is 18.7. The number of carbonyl (C=O) groups excluding carboxylic acids is 1. The van der Waals surface area contributed by atoms with Crippen molar-refractivity contribution < 1.29 is 4.79 Å². The zero-order valence-electron chi connectivity index (χ0n) is 21.6. The second kappa shape index (κ2) is 10.9. The Labute approximate surface area is 227 Å². The van der Waals surface area contributed by atoms with Crippen LogP contribution in [0.5, 0.6) is 0 Å². The number of carbonyl (C=O) groups is 1. The number of nitrogens with one attached hydrogen (secondary N) is 2. The van der Waals surface area contributed by atoms with Gasteiger partial charge in [-0.25, -0.2) is 9.97 Å². The molecule has 3 heterocycles. The maximum absolute atomic E-state index is 12.2. The van der Waals surface area contributed by atoms with Gasteiger partial charge in [0.15, 0.2) is 5.82 Å². The van der Waals surface area contributed by atoms with E-state index < -0.39 is 0 Å². The lowest BCUT2D eigenvalue weighted by molar-refractivity contribution is 0.0951. The molecule has 6 rings (SSSR count). The van der Waals surface area contributed by atoms with Gasteiger partial charge >= 0.3 is 0 Å². The maximum Gasteiger partial charge on any atom is 0.251 e. The van der Waals surface area contributed by atoms with Crippen LogP contribution in [-0.4, -0.2) is 59.5 Å². The molecule has 1 amide bonds. The van der Waals surface area contributed by atoms with Crippen LogP contribution in [0.2, 0.25) is 0 Å². The average molecular weight is 525 g/mol. The molecule has 8 heteroatoms. The lowest BCUT2D eigenvalue weighted by Gasteiger charge is -2.35. The molecule has 2 fully saturated rings. The summed E-state index contributed by atoms with van der Waals surface area (Å²) in [5.41, 5.74) is 5.99. The third-order valence-corrected chi connectivity index (χ3v) is 8.23. The Balaban J connectivity index is 1.12. The SMILES string of the molecule is CCN1CCN(c2ccc(Nc3ncnc4c(C=Cc5ccc(C(=O)NC6CC6)cc5)csc34)cc2)CC1. The second-order valence-corrected chi connectivity index (χ2v) is 10.8. The van der Waals surface area contributed by atoms with Gasteiger partial charge in [-0.3, -0.25) is 4.79 Å². The fourth-order valence-electron chi connectivity index (χ4n) is 4.72. The van der Waals surface area contributed by atoms with Crippen LogP contribution < -0.4 is 15.5 Å². The zero-order chi connectivity index (χ0) is 25.9. The van der Waals surface area contributed by atoms with Gasteiger partial charge in [0.05, 0.1) is 10.2 Å². The minimum Gasteiger partial charge on any atom is -0.369 e. The highest BCUT2D eigenvalue weighted by Crippen LogP contribution is 2.32. The van der Waals surface area contributed by atoms with E-state index in [0.29, 0.717) is 11.6 Å². The summed E-state index contributed by atoms with van der Waals surface area (Å²) >= 11 is 1.64. The zero-order valence-corrected chi connectivity index (χ0v) is 22.4. The number of amides is 1. The Hall–Kier alpha value is -3.75. The molecule has 1 aliphatic carbocycles. The molecule has 0 spiro atoms. The molecular formula is C30H32N6OS. The first-order valence-electron chi connectivity index (χ1n) is 13.3. The van der Waals surface area contributed by atoms with Crippen molar-refractivity contribution in [3.8, 4) is 0 Å². The third kappa shape index (κ3) is 5.56. The number of hydrogen-bond acceptors (Lipinski definition) is 7. The van der Waals surface area contributed by atoms with E-state index in [4.69, 9.17) is 0 Å². The predicted octanol–water partition coefficient (Wildman–Crippen LogP) is 5.64. The van der Waals surface area contributed by atoms with Gasteiger partial charge in [-0.2, -0.15) is 0 Å². The molecule has 0 bridgehead atoms. The molecule has 38 heavy (non-hydrogen) atoms. The summed E-state index contributed by atoms with van der Waals surface area (Å²) in [6.45, 7) is 7.72. The summed E-state index contributed by atoms with van der Waals surface area (Å²) in [5, 5.41) is 8.62. The van der Waals surface area contributed by atoms with Gasteiger partial charge in [0, 0.05) is 60.1 Å². The van der Waals surface area contributed by atoms with E-state index >= 15 is 0 Å². The first kappa shape index (κ1) is 24.6. The van der Waals surface area contributed by atoms with Crippen molar-refractivity contribution in [1.29, 1.82) is 0 Å². The minimum atomic E-state index is 0.00744. The van der Waals surface area contributed by atoms with Crippen LogP contribution in [0.1, 0.15) is 41.3 Å². The molecule has 4 aromatic rings. The highest BCUT2D eigenvalue weighted by molar-refractivity contribution is 7.18. The topological polar surface area (TPSA) is 73.4 Å². The van der Waals surface area contributed by atoms with Crippen molar-refractivity contribution in [2.45, 2.75) is 25.8 Å². The van der Waals surface area contributed by atoms with Crippen LogP contribution in [0.3, 0.4) is 0 Å². The summed E-state index contributed by atoms with van der Waals surface area (Å²) in [4.78, 5) is 26.2.